The summed E-state index contributed by atoms with van der Waals surface area (Å²) < 4.78 is 15.6. The van der Waals surface area contributed by atoms with Crippen LogP contribution in [0.15, 0.2) is 39.3 Å². The van der Waals surface area contributed by atoms with Crippen LogP contribution in [0.1, 0.15) is 16.7 Å². The van der Waals surface area contributed by atoms with Gasteiger partial charge >= 0.3 is 0 Å². The third-order valence-corrected chi connectivity index (χ3v) is 4.67. The SMILES string of the molecule is Cc1cc(NCc2cc(Br)ccc2F)cc(C)c1Br. The van der Waals surface area contributed by atoms with Crippen molar-refractivity contribution in [2.45, 2.75) is 20.4 Å². The smallest absolute Gasteiger partial charge is 0.128 e. The molecule has 0 fully saturated rings. The van der Waals surface area contributed by atoms with Crippen molar-refractivity contribution >= 4 is 37.5 Å². The van der Waals surface area contributed by atoms with Crippen molar-refractivity contribution in [2.75, 3.05) is 5.32 Å². The van der Waals surface area contributed by atoms with Gasteiger partial charge in [-0.15, -0.1) is 0 Å². The predicted octanol–water partition coefficient (Wildman–Crippen LogP) is 5.58. The van der Waals surface area contributed by atoms with Crippen molar-refractivity contribution in [2.24, 2.45) is 0 Å². The number of anilines is 1. The second-order valence-corrected chi connectivity index (χ2v) is 6.22. The third-order valence-electron chi connectivity index (χ3n) is 2.93. The van der Waals surface area contributed by atoms with Crippen molar-refractivity contribution in [1.82, 2.24) is 0 Å². The molecule has 0 saturated heterocycles. The molecule has 0 saturated carbocycles. The fraction of sp³-hybridized carbons (Fsp3) is 0.200. The minimum absolute atomic E-state index is 0.193. The van der Waals surface area contributed by atoms with E-state index in [1.165, 1.54) is 6.07 Å². The van der Waals surface area contributed by atoms with Crippen molar-refractivity contribution in [3.05, 3.63) is 61.8 Å². The van der Waals surface area contributed by atoms with E-state index in [0.29, 0.717) is 12.1 Å². The molecule has 0 aromatic heterocycles. The van der Waals surface area contributed by atoms with Gasteiger partial charge in [-0.05, 0) is 55.3 Å². The Bertz CT molecular complexity index is 588. The second-order valence-electron chi connectivity index (χ2n) is 4.51. The van der Waals surface area contributed by atoms with Crippen molar-refractivity contribution in [3.8, 4) is 0 Å². The largest absolute Gasteiger partial charge is 0.381 e. The van der Waals surface area contributed by atoms with E-state index in [1.54, 1.807) is 12.1 Å². The van der Waals surface area contributed by atoms with E-state index in [4.69, 9.17) is 0 Å². The molecule has 4 heteroatoms. The van der Waals surface area contributed by atoms with Gasteiger partial charge in [-0.2, -0.15) is 0 Å². The molecule has 2 aromatic rings. The summed E-state index contributed by atoms with van der Waals surface area (Å²) in [6.45, 7) is 4.55. The fourth-order valence-electron chi connectivity index (χ4n) is 1.92. The van der Waals surface area contributed by atoms with Gasteiger partial charge in [0.05, 0.1) is 0 Å². The Hall–Kier alpha value is -0.870. The molecule has 100 valence electrons. The van der Waals surface area contributed by atoms with Gasteiger partial charge in [-0.1, -0.05) is 31.9 Å². The summed E-state index contributed by atoms with van der Waals surface area (Å²) in [5.41, 5.74) is 3.97. The van der Waals surface area contributed by atoms with Crippen LogP contribution in [0.2, 0.25) is 0 Å². The molecule has 0 aliphatic carbocycles. The third kappa shape index (κ3) is 3.57. The molecule has 0 aliphatic heterocycles. The van der Waals surface area contributed by atoms with Gasteiger partial charge in [0.1, 0.15) is 5.82 Å². The Morgan fingerprint density at radius 3 is 2.32 bits per heavy atom. The molecule has 0 radical (unpaired) electrons. The molecule has 0 heterocycles. The van der Waals surface area contributed by atoms with Crippen molar-refractivity contribution < 1.29 is 4.39 Å². The minimum atomic E-state index is -0.193. The zero-order valence-electron chi connectivity index (χ0n) is 10.7. The van der Waals surface area contributed by atoms with Gasteiger partial charge in [0.15, 0.2) is 0 Å². The second kappa shape index (κ2) is 6.06. The number of aryl methyl sites for hydroxylation is 2. The van der Waals surface area contributed by atoms with Crippen LogP contribution in [0.25, 0.3) is 0 Å². The molecule has 0 atom stereocenters. The quantitative estimate of drug-likeness (QED) is 0.725. The molecular formula is C15H14Br2FN. The molecule has 0 aliphatic rings. The Kier molecular flexibility index (Phi) is 4.63. The summed E-state index contributed by atoms with van der Waals surface area (Å²) in [7, 11) is 0. The first-order chi connectivity index (χ1) is 8.97. The van der Waals surface area contributed by atoms with Gasteiger partial charge in [-0.25, -0.2) is 4.39 Å². The van der Waals surface area contributed by atoms with Crippen LogP contribution in [0, 0.1) is 19.7 Å². The molecule has 2 aromatic carbocycles. The maximum Gasteiger partial charge on any atom is 0.128 e. The molecule has 0 unspecified atom stereocenters. The fourth-order valence-corrected chi connectivity index (χ4v) is 2.56. The van der Waals surface area contributed by atoms with Crippen molar-refractivity contribution in [3.63, 3.8) is 0 Å². The number of hydrogen-bond donors (Lipinski definition) is 1. The lowest BCUT2D eigenvalue weighted by Crippen LogP contribution is -2.02. The first-order valence-corrected chi connectivity index (χ1v) is 7.50. The Balaban J connectivity index is 2.17. The number of halogens is 3. The van der Waals surface area contributed by atoms with Gasteiger partial charge in [0, 0.05) is 26.7 Å². The highest BCUT2D eigenvalue weighted by Crippen LogP contribution is 2.25. The summed E-state index contributed by atoms with van der Waals surface area (Å²) >= 11 is 6.89. The molecular weight excluding hydrogens is 373 g/mol. The lowest BCUT2D eigenvalue weighted by Gasteiger charge is -2.11. The highest BCUT2D eigenvalue weighted by atomic mass is 79.9. The van der Waals surface area contributed by atoms with Crippen LogP contribution < -0.4 is 5.32 Å². The monoisotopic (exact) mass is 385 g/mol. The van der Waals surface area contributed by atoms with E-state index >= 15 is 0 Å². The van der Waals surface area contributed by atoms with Crippen molar-refractivity contribution in [1.29, 1.82) is 0 Å². The van der Waals surface area contributed by atoms with Gasteiger partial charge in [0.2, 0.25) is 0 Å². The number of benzene rings is 2. The normalized spacial score (nSPS) is 10.6. The van der Waals surface area contributed by atoms with Crippen LogP contribution >= 0.6 is 31.9 Å². The number of nitrogens with one attached hydrogen (secondary N) is 1. The first-order valence-electron chi connectivity index (χ1n) is 5.92. The summed E-state index contributed by atoms with van der Waals surface area (Å²) in [5.74, 6) is -0.193. The number of hydrogen-bond acceptors (Lipinski definition) is 1. The average Bonchev–Trinajstić information content (AvgIpc) is 2.37. The van der Waals surface area contributed by atoms with Gasteiger partial charge < -0.3 is 5.32 Å². The first kappa shape index (κ1) is 14.5. The average molecular weight is 387 g/mol. The molecule has 2 rings (SSSR count). The van der Waals surface area contributed by atoms with E-state index in [1.807, 2.05) is 26.0 Å². The summed E-state index contributed by atoms with van der Waals surface area (Å²) in [5, 5.41) is 3.26. The van der Waals surface area contributed by atoms with Crippen LogP contribution in [0.3, 0.4) is 0 Å². The summed E-state index contributed by atoms with van der Waals surface area (Å²) in [6, 6.07) is 9.06. The van der Waals surface area contributed by atoms with E-state index in [9.17, 15) is 4.39 Å². The zero-order valence-corrected chi connectivity index (χ0v) is 13.9. The maximum atomic E-state index is 13.6. The molecule has 0 spiro atoms. The Labute approximate surface area is 129 Å². The Morgan fingerprint density at radius 2 is 1.68 bits per heavy atom. The molecule has 19 heavy (non-hydrogen) atoms. The lowest BCUT2D eigenvalue weighted by molar-refractivity contribution is 0.612. The standard InChI is InChI=1S/C15H14Br2FN/c1-9-5-13(6-10(2)15(9)17)19-8-11-7-12(16)3-4-14(11)18/h3-7,19H,8H2,1-2H3. The molecule has 1 N–H and O–H groups in total. The van der Waals surface area contributed by atoms with E-state index in [-0.39, 0.29) is 5.82 Å². The minimum Gasteiger partial charge on any atom is -0.381 e. The lowest BCUT2D eigenvalue weighted by atomic mass is 10.1. The highest BCUT2D eigenvalue weighted by molar-refractivity contribution is 9.10. The molecule has 0 bridgehead atoms. The van der Waals surface area contributed by atoms with Gasteiger partial charge in [0.25, 0.3) is 0 Å². The Morgan fingerprint density at radius 1 is 1.05 bits per heavy atom. The zero-order chi connectivity index (χ0) is 14.0. The van der Waals surface area contributed by atoms with Crippen LogP contribution in [-0.4, -0.2) is 0 Å². The van der Waals surface area contributed by atoms with E-state index < -0.39 is 0 Å². The maximum absolute atomic E-state index is 13.6. The highest BCUT2D eigenvalue weighted by Gasteiger charge is 2.05. The van der Waals surface area contributed by atoms with Gasteiger partial charge in [-0.3, -0.25) is 0 Å². The number of rotatable bonds is 3. The van der Waals surface area contributed by atoms with E-state index in [0.717, 1.165) is 25.8 Å². The summed E-state index contributed by atoms with van der Waals surface area (Å²) in [4.78, 5) is 0. The van der Waals surface area contributed by atoms with E-state index in [2.05, 4.69) is 37.2 Å². The molecule has 0 amide bonds. The predicted molar refractivity (Wildman–Crippen MR) is 85.0 cm³/mol. The topological polar surface area (TPSA) is 12.0 Å². The molecule has 1 nitrogen and oxygen atoms in total. The van der Waals surface area contributed by atoms with Crippen LogP contribution in [0.5, 0.6) is 0 Å². The summed E-state index contributed by atoms with van der Waals surface area (Å²) in [6.07, 6.45) is 0. The van der Waals surface area contributed by atoms with Crippen LogP contribution in [0.4, 0.5) is 10.1 Å². The van der Waals surface area contributed by atoms with Crippen LogP contribution in [-0.2, 0) is 6.54 Å².